The van der Waals surface area contributed by atoms with Crippen LogP contribution in [0.15, 0.2) is 21.7 Å². The number of phenols is 1. The van der Waals surface area contributed by atoms with Gasteiger partial charge in [0.15, 0.2) is 0 Å². The van der Waals surface area contributed by atoms with Crippen molar-refractivity contribution in [3.8, 4) is 5.75 Å². The van der Waals surface area contributed by atoms with Gasteiger partial charge in [0.2, 0.25) is 10.9 Å². The quantitative estimate of drug-likeness (QED) is 0.207. The number of amides is 1. The summed E-state index contributed by atoms with van der Waals surface area (Å²) >= 11 is 0. The lowest BCUT2D eigenvalue weighted by Crippen LogP contribution is -2.30. The Bertz CT molecular complexity index is 1270. The molecule has 2 aromatic carbocycles. The number of H-pyrrole nitrogens is 1. The van der Waals surface area contributed by atoms with Gasteiger partial charge in [-0.05, 0) is 19.1 Å². The van der Waals surface area contributed by atoms with Crippen LogP contribution in [0.25, 0.3) is 28.3 Å². The van der Waals surface area contributed by atoms with Crippen LogP contribution in [0.3, 0.4) is 0 Å². The molecule has 0 aliphatic rings. The number of carbonyl (C=O) groups excluding carboxylic acids is 1. The highest BCUT2D eigenvalue weighted by Crippen LogP contribution is 2.17. The molecule has 0 unspecified atom stereocenters. The van der Waals surface area contributed by atoms with Gasteiger partial charge in [-0.3, -0.25) is 14.4 Å². The highest BCUT2D eigenvalue weighted by Gasteiger charge is 2.18. The van der Waals surface area contributed by atoms with E-state index in [1.165, 1.54) is 25.3 Å². The first-order chi connectivity index (χ1) is 13.9. The molecule has 1 heterocycles. The SMILES string of the molecule is Cc1c(O)/c(=C\NCCN)c2nc3c(=O)ccc(C(=O)NCCN)c3[nH]c2c1=O. The maximum Gasteiger partial charge on any atom is 0.253 e. The van der Waals surface area contributed by atoms with Gasteiger partial charge >= 0.3 is 0 Å². The number of nitrogens with zero attached hydrogens (tertiary/aromatic N) is 1. The molecule has 0 aliphatic heterocycles. The summed E-state index contributed by atoms with van der Waals surface area (Å²) in [6, 6.07) is 2.60. The predicted octanol–water partition coefficient (Wildman–Crippen LogP) is -1.86. The molecule has 3 aromatic rings. The van der Waals surface area contributed by atoms with Crippen molar-refractivity contribution in [2.45, 2.75) is 6.92 Å². The second kappa shape index (κ2) is 8.25. The van der Waals surface area contributed by atoms with Crippen molar-refractivity contribution < 1.29 is 9.90 Å². The summed E-state index contributed by atoms with van der Waals surface area (Å²) in [5.74, 6) is -0.686. The van der Waals surface area contributed by atoms with Crippen molar-refractivity contribution >= 4 is 34.2 Å². The minimum Gasteiger partial charge on any atom is -0.507 e. The van der Waals surface area contributed by atoms with Crippen molar-refractivity contribution in [2.24, 2.45) is 11.5 Å². The van der Waals surface area contributed by atoms with E-state index in [9.17, 15) is 19.5 Å². The highest BCUT2D eigenvalue weighted by molar-refractivity contribution is 6.06. The van der Waals surface area contributed by atoms with Crippen LogP contribution in [0.1, 0.15) is 15.9 Å². The summed E-state index contributed by atoms with van der Waals surface area (Å²) < 4.78 is 0. The van der Waals surface area contributed by atoms with E-state index in [0.717, 1.165) is 0 Å². The molecule has 0 bridgehead atoms. The zero-order chi connectivity index (χ0) is 21.1. The topological polar surface area (TPSA) is 176 Å². The summed E-state index contributed by atoms with van der Waals surface area (Å²) in [7, 11) is 0. The number of fused-ring (bicyclic) bond motifs is 2. The molecule has 0 fully saturated rings. The Kier molecular flexibility index (Phi) is 5.76. The lowest BCUT2D eigenvalue weighted by Gasteiger charge is -2.10. The van der Waals surface area contributed by atoms with Gasteiger partial charge in [0.25, 0.3) is 5.91 Å². The largest absolute Gasteiger partial charge is 0.507 e. The minimum absolute atomic E-state index is 0.0194. The Labute approximate surface area is 164 Å². The third-order valence-corrected chi connectivity index (χ3v) is 4.49. The van der Waals surface area contributed by atoms with Gasteiger partial charge in [0, 0.05) is 37.9 Å². The lowest BCUT2D eigenvalue weighted by molar-refractivity contribution is 0.0956. The van der Waals surface area contributed by atoms with Crippen LogP contribution in [0.2, 0.25) is 0 Å². The number of benzene rings is 2. The zero-order valence-electron chi connectivity index (χ0n) is 15.8. The van der Waals surface area contributed by atoms with Gasteiger partial charge < -0.3 is 32.2 Å². The van der Waals surface area contributed by atoms with Crippen molar-refractivity contribution in [3.63, 3.8) is 0 Å². The average Bonchev–Trinajstić information content (AvgIpc) is 2.72. The molecule has 8 N–H and O–H groups in total. The molecule has 0 saturated heterocycles. The summed E-state index contributed by atoms with van der Waals surface area (Å²) in [6.07, 6.45) is 1.49. The van der Waals surface area contributed by atoms with Crippen LogP contribution < -0.4 is 38.2 Å². The van der Waals surface area contributed by atoms with Crippen LogP contribution >= 0.6 is 0 Å². The van der Waals surface area contributed by atoms with Crippen LogP contribution in [-0.2, 0) is 0 Å². The summed E-state index contributed by atoms with van der Waals surface area (Å²) in [5, 5.41) is 16.3. The van der Waals surface area contributed by atoms with Crippen molar-refractivity contribution in [2.75, 3.05) is 26.2 Å². The van der Waals surface area contributed by atoms with Crippen LogP contribution in [-0.4, -0.2) is 47.2 Å². The number of aromatic nitrogens is 2. The standard InChI is InChI=1S/C19H22N6O4/c1-9-17(27)11(8-22-6-4-20)14-16(18(9)28)25-13-10(19(29)23-7-5-21)2-3-12(26)15(13)24-14/h2-3,8,22,25,27H,4-7,20-21H2,1H3,(H,23,29)/b11-8-. The molecular weight excluding hydrogens is 376 g/mol. The van der Waals surface area contributed by atoms with E-state index in [1.54, 1.807) is 0 Å². The van der Waals surface area contributed by atoms with E-state index in [0.29, 0.717) is 13.1 Å². The van der Waals surface area contributed by atoms with E-state index < -0.39 is 16.8 Å². The van der Waals surface area contributed by atoms with Crippen LogP contribution in [0.5, 0.6) is 5.75 Å². The van der Waals surface area contributed by atoms with Crippen molar-refractivity contribution in [1.29, 1.82) is 0 Å². The Morgan fingerprint density at radius 3 is 2.59 bits per heavy atom. The van der Waals surface area contributed by atoms with Gasteiger partial charge in [-0.25, -0.2) is 4.98 Å². The second-order valence-corrected chi connectivity index (χ2v) is 6.44. The van der Waals surface area contributed by atoms with Gasteiger partial charge in [-0.2, -0.15) is 0 Å². The molecule has 152 valence electrons. The molecular formula is C19H22N6O4. The second-order valence-electron chi connectivity index (χ2n) is 6.44. The van der Waals surface area contributed by atoms with Gasteiger partial charge in [-0.1, -0.05) is 0 Å². The van der Waals surface area contributed by atoms with Crippen LogP contribution in [0, 0.1) is 6.92 Å². The first-order valence-electron chi connectivity index (χ1n) is 9.04. The number of hydrogen-bond acceptors (Lipinski definition) is 8. The minimum atomic E-state index is -0.479. The average molecular weight is 398 g/mol. The van der Waals surface area contributed by atoms with E-state index >= 15 is 0 Å². The fourth-order valence-electron chi connectivity index (χ4n) is 2.99. The normalized spacial score (nSPS) is 11.9. The number of aromatic amines is 1. The van der Waals surface area contributed by atoms with E-state index in [-0.39, 0.29) is 57.3 Å². The number of aromatic hydroxyl groups is 1. The predicted molar refractivity (Wildman–Crippen MR) is 111 cm³/mol. The van der Waals surface area contributed by atoms with E-state index in [2.05, 4.69) is 20.6 Å². The van der Waals surface area contributed by atoms with E-state index in [4.69, 9.17) is 11.5 Å². The molecule has 0 aliphatic carbocycles. The summed E-state index contributed by atoms with van der Waals surface area (Å²) in [6.45, 7) is 2.80. The maximum absolute atomic E-state index is 12.7. The number of rotatable bonds is 6. The molecule has 3 rings (SSSR count). The number of hydrogen-bond donors (Lipinski definition) is 6. The third-order valence-electron chi connectivity index (χ3n) is 4.49. The Morgan fingerprint density at radius 1 is 1.17 bits per heavy atom. The van der Waals surface area contributed by atoms with Gasteiger partial charge in [0.05, 0.1) is 16.3 Å². The maximum atomic E-state index is 12.7. The number of phenolic OH excluding ortho intramolecular Hbond substituents is 1. The lowest BCUT2D eigenvalue weighted by atomic mass is 10.1. The smallest absolute Gasteiger partial charge is 0.253 e. The first kappa shape index (κ1) is 20.2. The van der Waals surface area contributed by atoms with Gasteiger partial charge in [-0.15, -0.1) is 0 Å². The molecule has 10 nitrogen and oxygen atoms in total. The fourth-order valence-corrected chi connectivity index (χ4v) is 2.99. The number of carbonyl (C=O) groups is 1. The summed E-state index contributed by atoms with van der Waals surface area (Å²) in [4.78, 5) is 44.8. The van der Waals surface area contributed by atoms with Crippen LogP contribution in [0.4, 0.5) is 0 Å². The molecule has 1 aromatic heterocycles. The molecule has 1 amide bonds. The molecule has 0 radical (unpaired) electrons. The number of nitrogens with one attached hydrogen (secondary N) is 3. The highest BCUT2D eigenvalue weighted by atomic mass is 16.3. The first-order valence-corrected chi connectivity index (χ1v) is 9.04. The molecule has 0 spiro atoms. The third kappa shape index (κ3) is 3.62. The molecule has 29 heavy (non-hydrogen) atoms. The molecule has 0 atom stereocenters. The fraction of sp³-hybridized carbons (Fsp3) is 0.263. The Morgan fingerprint density at radius 2 is 1.90 bits per heavy atom. The van der Waals surface area contributed by atoms with E-state index in [1.807, 2.05) is 0 Å². The zero-order valence-corrected chi connectivity index (χ0v) is 15.8. The molecule has 10 heteroatoms. The van der Waals surface area contributed by atoms with Crippen molar-refractivity contribution in [3.05, 3.63) is 48.9 Å². The Hall–Kier alpha value is -3.50. The monoisotopic (exact) mass is 398 g/mol. The Balaban J connectivity index is 2.40. The molecule has 0 saturated carbocycles. The van der Waals surface area contributed by atoms with Gasteiger partial charge in [0.1, 0.15) is 22.3 Å². The summed E-state index contributed by atoms with van der Waals surface area (Å²) in [5.41, 5.74) is 10.6. The van der Waals surface area contributed by atoms with Crippen molar-refractivity contribution in [1.82, 2.24) is 20.6 Å². The number of nitrogens with two attached hydrogens (primary N) is 2.